The maximum absolute atomic E-state index is 3.85. The Morgan fingerprint density at radius 2 is 1.25 bits per heavy atom. The maximum Gasteiger partial charge on any atom is 1.00 e. The zero-order valence-electron chi connectivity index (χ0n) is 11.6. The summed E-state index contributed by atoms with van der Waals surface area (Å²) in [7, 11) is 0. The summed E-state index contributed by atoms with van der Waals surface area (Å²) in [6.07, 6.45) is 19.4. The Kier molecular flexibility index (Phi) is 20.7. The molecule has 0 fully saturated rings. The van der Waals surface area contributed by atoms with Gasteiger partial charge in [-0.05, 0) is 25.7 Å². The summed E-state index contributed by atoms with van der Waals surface area (Å²) < 4.78 is 0. The Morgan fingerprint density at radius 3 is 1.75 bits per heavy atom. The van der Waals surface area contributed by atoms with Gasteiger partial charge in [0.05, 0.1) is 0 Å². The first-order chi connectivity index (χ1) is 7.41. The molecule has 0 aliphatic rings. The second-order valence-corrected chi connectivity index (χ2v) is 4.38. The molecule has 0 nitrogen and oxygen atoms in total. The molecule has 0 aliphatic heterocycles. The van der Waals surface area contributed by atoms with Crippen molar-refractivity contribution in [1.29, 1.82) is 0 Å². The quantitative estimate of drug-likeness (QED) is 0.216. The Labute approximate surface area is 115 Å². The van der Waals surface area contributed by atoms with Gasteiger partial charge in [-0.15, -0.1) is 0 Å². The van der Waals surface area contributed by atoms with E-state index in [9.17, 15) is 0 Å². The van der Waals surface area contributed by atoms with Crippen LogP contribution in [0.15, 0.2) is 12.2 Å². The van der Waals surface area contributed by atoms with Crippen molar-refractivity contribution < 1.29 is 18.9 Å². The molecule has 0 heterocycles. The van der Waals surface area contributed by atoms with Gasteiger partial charge in [0.1, 0.15) is 0 Å². The zero-order valence-corrected chi connectivity index (χ0v) is 11.6. The Bertz CT molecular complexity index is 129. The van der Waals surface area contributed by atoms with Crippen molar-refractivity contribution in [1.82, 2.24) is 0 Å². The van der Waals surface area contributed by atoms with Gasteiger partial charge in [0.15, 0.2) is 0 Å². The summed E-state index contributed by atoms with van der Waals surface area (Å²) in [5, 5.41) is 0. The first kappa shape index (κ1) is 18.7. The normalized spacial score (nSPS) is 10.6. The molecule has 0 aromatic rings. The number of allylic oxidation sites excluding steroid dienone is 2. The molecule has 16 heavy (non-hydrogen) atoms. The summed E-state index contributed by atoms with van der Waals surface area (Å²) in [5.74, 6) is 0. The van der Waals surface area contributed by atoms with E-state index >= 15 is 0 Å². The fourth-order valence-electron chi connectivity index (χ4n) is 1.72. The van der Waals surface area contributed by atoms with E-state index in [-0.39, 0.29) is 18.9 Å². The van der Waals surface area contributed by atoms with Gasteiger partial charge < -0.3 is 6.92 Å². The third-order valence-electron chi connectivity index (χ3n) is 2.76. The van der Waals surface area contributed by atoms with Crippen LogP contribution in [-0.2, 0) is 0 Å². The average molecular weight is 216 g/mol. The third kappa shape index (κ3) is 16.8. The van der Waals surface area contributed by atoms with Gasteiger partial charge in [-0.3, -0.25) is 0 Å². The number of hydrogen-bond donors (Lipinski definition) is 0. The standard InChI is InChI=1S/C15H29.Li/c1-3-5-7-9-11-13-15-14-12-10-8-6-4-2;/h14-15H,1,3-13H2,2H3;/q-1;+1. The van der Waals surface area contributed by atoms with Crippen LogP contribution in [0.5, 0.6) is 0 Å². The Balaban J connectivity index is 0. The predicted molar refractivity (Wildman–Crippen MR) is 71.0 cm³/mol. The molecule has 1 heteroatoms. The molecule has 0 aromatic carbocycles. The van der Waals surface area contributed by atoms with Gasteiger partial charge in [-0.25, -0.2) is 0 Å². The summed E-state index contributed by atoms with van der Waals surface area (Å²) in [4.78, 5) is 0. The molecule has 0 bridgehead atoms. The van der Waals surface area contributed by atoms with Crippen LogP contribution >= 0.6 is 0 Å². The van der Waals surface area contributed by atoms with Crippen molar-refractivity contribution in [2.45, 2.75) is 77.6 Å². The third-order valence-corrected chi connectivity index (χ3v) is 2.76. The van der Waals surface area contributed by atoms with E-state index in [1.165, 1.54) is 64.2 Å². The van der Waals surface area contributed by atoms with E-state index in [0.717, 1.165) is 6.42 Å². The van der Waals surface area contributed by atoms with E-state index in [0.29, 0.717) is 0 Å². The maximum atomic E-state index is 3.85. The van der Waals surface area contributed by atoms with Crippen molar-refractivity contribution in [3.8, 4) is 0 Å². The minimum Gasteiger partial charge on any atom is -0.343 e. The molecule has 90 valence electrons. The van der Waals surface area contributed by atoms with Crippen LogP contribution in [0.2, 0.25) is 0 Å². The summed E-state index contributed by atoms with van der Waals surface area (Å²) >= 11 is 0. The van der Waals surface area contributed by atoms with E-state index < -0.39 is 0 Å². The minimum absolute atomic E-state index is 0. The van der Waals surface area contributed by atoms with Crippen LogP contribution in [-0.4, -0.2) is 0 Å². The molecule has 0 N–H and O–H groups in total. The van der Waals surface area contributed by atoms with Crippen LogP contribution in [0.3, 0.4) is 0 Å². The monoisotopic (exact) mass is 216 g/mol. The molecule has 0 aliphatic carbocycles. The molecule has 0 saturated heterocycles. The Hall–Kier alpha value is 0.337. The summed E-state index contributed by atoms with van der Waals surface area (Å²) in [6, 6.07) is 0. The molecule has 0 unspecified atom stereocenters. The van der Waals surface area contributed by atoms with E-state index in [2.05, 4.69) is 26.0 Å². The van der Waals surface area contributed by atoms with Gasteiger partial charge in [-0.2, -0.15) is 6.42 Å². The first-order valence-electron chi connectivity index (χ1n) is 6.86. The first-order valence-corrected chi connectivity index (χ1v) is 6.86. The molecule has 0 aromatic heterocycles. The van der Waals surface area contributed by atoms with Gasteiger partial charge in [0.2, 0.25) is 0 Å². The van der Waals surface area contributed by atoms with E-state index in [1.807, 2.05) is 0 Å². The van der Waals surface area contributed by atoms with Crippen LogP contribution in [0.1, 0.15) is 77.6 Å². The fraction of sp³-hybridized carbons (Fsp3) is 0.800. The van der Waals surface area contributed by atoms with Crippen LogP contribution < -0.4 is 18.9 Å². The van der Waals surface area contributed by atoms with Crippen molar-refractivity contribution in [3.63, 3.8) is 0 Å². The molecule has 0 saturated carbocycles. The van der Waals surface area contributed by atoms with Crippen molar-refractivity contribution in [2.24, 2.45) is 0 Å². The van der Waals surface area contributed by atoms with Crippen molar-refractivity contribution >= 4 is 0 Å². The molecular weight excluding hydrogens is 187 g/mol. The predicted octanol–water partition coefficient (Wildman–Crippen LogP) is 2.69. The molecular formula is C15H29Li. The van der Waals surface area contributed by atoms with Crippen molar-refractivity contribution in [2.75, 3.05) is 0 Å². The number of unbranched alkanes of at least 4 members (excludes halogenated alkanes) is 9. The van der Waals surface area contributed by atoms with Gasteiger partial charge in [0, 0.05) is 0 Å². The SMILES string of the molecule is [CH2-]CCCCCCC=CCCCCCC.[Li+]. The molecule has 0 radical (unpaired) electrons. The summed E-state index contributed by atoms with van der Waals surface area (Å²) in [6.45, 7) is 6.12. The van der Waals surface area contributed by atoms with Gasteiger partial charge in [-0.1, -0.05) is 57.6 Å². The average Bonchev–Trinajstić information content (AvgIpc) is 2.26. The van der Waals surface area contributed by atoms with Crippen LogP contribution in [0.4, 0.5) is 0 Å². The van der Waals surface area contributed by atoms with Crippen LogP contribution in [0.25, 0.3) is 0 Å². The minimum atomic E-state index is 0. The smallest absolute Gasteiger partial charge is 0.343 e. The second-order valence-electron chi connectivity index (χ2n) is 4.38. The van der Waals surface area contributed by atoms with E-state index in [1.54, 1.807) is 0 Å². The van der Waals surface area contributed by atoms with Crippen molar-refractivity contribution in [3.05, 3.63) is 19.1 Å². The number of hydrogen-bond acceptors (Lipinski definition) is 0. The van der Waals surface area contributed by atoms with Crippen LogP contribution in [0, 0.1) is 6.92 Å². The van der Waals surface area contributed by atoms with Gasteiger partial charge in [0.25, 0.3) is 0 Å². The molecule has 0 atom stereocenters. The largest absolute Gasteiger partial charge is 1.00 e. The molecule has 0 spiro atoms. The molecule has 0 amide bonds. The Morgan fingerprint density at radius 1 is 0.750 bits per heavy atom. The van der Waals surface area contributed by atoms with Gasteiger partial charge >= 0.3 is 18.9 Å². The topological polar surface area (TPSA) is 0 Å². The number of rotatable bonds is 11. The van der Waals surface area contributed by atoms with E-state index in [4.69, 9.17) is 0 Å². The summed E-state index contributed by atoms with van der Waals surface area (Å²) in [5.41, 5.74) is 0. The second kappa shape index (κ2) is 17.7. The fourth-order valence-corrected chi connectivity index (χ4v) is 1.72. The zero-order chi connectivity index (χ0) is 11.2. The molecule has 0 rings (SSSR count).